The Bertz CT molecular complexity index is 575. The van der Waals surface area contributed by atoms with Crippen molar-refractivity contribution in [2.45, 2.75) is 13.1 Å². The first-order valence-electron chi connectivity index (χ1n) is 6.14. The Morgan fingerprint density at radius 2 is 1.33 bits per heavy atom. The van der Waals surface area contributed by atoms with Crippen LogP contribution in [0, 0.1) is 0 Å². The van der Waals surface area contributed by atoms with Gasteiger partial charge in [-0.15, -0.1) is 34.5 Å². The van der Waals surface area contributed by atoms with E-state index in [0.29, 0.717) is 0 Å². The Kier molecular flexibility index (Phi) is 14.9. The van der Waals surface area contributed by atoms with Crippen LogP contribution < -0.4 is 48.0 Å². The summed E-state index contributed by atoms with van der Waals surface area (Å²) >= 11 is 0. The quantitative estimate of drug-likeness (QED) is 0.193. The predicted molar refractivity (Wildman–Crippen MR) is 82.5 cm³/mol. The third-order valence-corrected chi connectivity index (χ3v) is 2.73. The molecule has 3 aromatic rings. The third-order valence-electron chi connectivity index (χ3n) is 2.73. The van der Waals surface area contributed by atoms with E-state index < -0.39 is 0 Å². The number of hydrogen-bond acceptors (Lipinski definition) is 0. The molecule has 0 atom stereocenters. The van der Waals surface area contributed by atoms with Crippen molar-refractivity contribution in [1.29, 1.82) is 0 Å². The van der Waals surface area contributed by atoms with Gasteiger partial charge in [-0.25, -0.2) is 0 Å². The van der Waals surface area contributed by atoms with E-state index >= 15 is 0 Å². The van der Waals surface area contributed by atoms with Crippen molar-refractivity contribution in [2.75, 3.05) is 0 Å². The predicted octanol–water partition coefficient (Wildman–Crippen LogP) is -0.982. The fourth-order valence-electron chi connectivity index (χ4n) is 1.95. The summed E-state index contributed by atoms with van der Waals surface area (Å²) in [6, 6.07) is 23.4. The van der Waals surface area contributed by atoms with E-state index in [1.807, 2.05) is 6.07 Å². The molecular weight excluding hydrogens is 577 g/mol. The van der Waals surface area contributed by atoms with Crippen molar-refractivity contribution in [3.63, 3.8) is 0 Å². The molecule has 0 aliphatic heterocycles. The Morgan fingerprint density at radius 3 is 1.90 bits per heavy atom. The van der Waals surface area contributed by atoms with Crippen molar-refractivity contribution in [3.05, 3.63) is 66.7 Å². The van der Waals surface area contributed by atoms with E-state index in [-0.39, 0.29) is 74.2 Å². The fraction of sp³-hybridized carbons (Fsp3) is 0.118. The van der Waals surface area contributed by atoms with Gasteiger partial charge in [-0.3, -0.25) is 0 Å². The van der Waals surface area contributed by atoms with Gasteiger partial charge in [0.15, 0.2) is 0 Å². The molecular formula is C17H17I2SiZr. The number of fused-ring (bicyclic) bond motifs is 1. The van der Waals surface area contributed by atoms with E-state index in [4.69, 9.17) is 0 Å². The standard InChI is InChI=1S/C15H11.C2H6Si.2HI.Zr/c1-2-6-12(7-3-1)15-10-13-8-4-5-9-14(13)11-15;1-3-2;;;/h1-11H;1-2H3;2*1H;/q-1;;;;+3/p-2. The summed E-state index contributed by atoms with van der Waals surface area (Å²) in [5, 5.41) is 2.63. The van der Waals surface area contributed by atoms with Crippen molar-refractivity contribution in [1.82, 2.24) is 0 Å². The van der Waals surface area contributed by atoms with Gasteiger partial charge in [0.1, 0.15) is 0 Å². The molecule has 0 heterocycles. The van der Waals surface area contributed by atoms with E-state index in [1.54, 1.807) is 0 Å². The largest absolute Gasteiger partial charge is 3.00 e. The van der Waals surface area contributed by atoms with Crippen molar-refractivity contribution in [3.8, 4) is 11.1 Å². The second kappa shape index (κ2) is 13.1. The molecule has 0 fully saturated rings. The Balaban J connectivity index is 0. The zero-order valence-corrected chi connectivity index (χ0v) is 19.9. The van der Waals surface area contributed by atoms with Crippen LogP contribution in [0.3, 0.4) is 0 Å². The van der Waals surface area contributed by atoms with Crippen LogP contribution in [0.4, 0.5) is 0 Å². The van der Waals surface area contributed by atoms with Crippen LogP contribution in [0.1, 0.15) is 0 Å². The van der Waals surface area contributed by atoms with Crippen LogP contribution in [0.5, 0.6) is 0 Å². The minimum atomic E-state index is 0. The van der Waals surface area contributed by atoms with Gasteiger partial charge < -0.3 is 48.0 Å². The molecule has 4 heteroatoms. The number of rotatable bonds is 1. The molecule has 0 saturated heterocycles. The summed E-state index contributed by atoms with van der Waals surface area (Å²) in [7, 11) is 1.08. The van der Waals surface area contributed by atoms with Gasteiger partial charge >= 0.3 is 26.2 Å². The summed E-state index contributed by atoms with van der Waals surface area (Å²) in [5.74, 6) is 0. The van der Waals surface area contributed by atoms with E-state index in [0.717, 1.165) is 9.52 Å². The zero-order valence-electron chi connectivity index (χ0n) is 12.1. The minimum Gasteiger partial charge on any atom is -1.00 e. The number of hydrogen-bond donors (Lipinski definition) is 0. The Morgan fingerprint density at radius 1 is 0.810 bits per heavy atom. The maximum atomic E-state index is 2.24. The van der Waals surface area contributed by atoms with Crippen LogP contribution in [0.15, 0.2) is 66.7 Å². The molecule has 3 radical (unpaired) electrons. The molecule has 0 aliphatic carbocycles. The monoisotopic (exact) mass is 593 g/mol. The third kappa shape index (κ3) is 7.14. The molecule has 0 amide bonds. The Hall–Kier alpha value is 0.610. The molecule has 0 bridgehead atoms. The number of halogens is 2. The molecule has 0 aliphatic rings. The second-order valence-corrected chi connectivity index (χ2v) is 5.24. The van der Waals surface area contributed by atoms with Crippen molar-refractivity contribution < 1.29 is 74.2 Å². The molecule has 3 aromatic carbocycles. The molecule has 0 N–H and O–H groups in total. The first-order valence-corrected chi connectivity index (χ1v) is 8.14. The molecule has 0 unspecified atom stereocenters. The normalized spacial score (nSPS) is 8.48. The Labute approximate surface area is 183 Å². The van der Waals surface area contributed by atoms with E-state index in [9.17, 15) is 0 Å². The smallest absolute Gasteiger partial charge is 1.00 e. The summed E-state index contributed by atoms with van der Waals surface area (Å²) in [6.45, 7) is 4.31. The summed E-state index contributed by atoms with van der Waals surface area (Å²) in [4.78, 5) is 0. The second-order valence-electron chi connectivity index (χ2n) is 4.24. The molecule has 3 rings (SSSR count). The molecule has 0 saturated carbocycles. The van der Waals surface area contributed by atoms with Crippen LogP contribution >= 0.6 is 0 Å². The summed E-state index contributed by atoms with van der Waals surface area (Å²) < 4.78 is 0. The van der Waals surface area contributed by atoms with E-state index in [2.05, 4.69) is 73.8 Å². The maximum Gasteiger partial charge on any atom is 3.00 e. The topological polar surface area (TPSA) is 0 Å². The molecule has 0 aromatic heterocycles. The van der Waals surface area contributed by atoms with E-state index in [1.165, 1.54) is 21.9 Å². The molecule has 21 heavy (non-hydrogen) atoms. The summed E-state index contributed by atoms with van der Waals surface area (Å²) in [6.07, 6.45) is 0. The van der Waals surface area contributed by atoms with Gasteiger partial charge in [0, 0.05) is 9.52 Å². The van der Waals surface area contributed by atoms with Crippen molar-refractivity contribution in [2.24, 2.45) is 0 Å². The summed E-state index contributed by atoms with van der Waals surface area (Å²) in [5.41, 5.74) is 2.59. The van der Waals surface area contributed by atoms with Gasteiger partial charge in [-0.05, 0) is 0 Å². The first-order chi connectivity index (χ1) is 8.85. The SMILES string of the molecule is C[Si]C.[I-].[I-].[Zr+3].c1ccc(-c2cc3ccccc3[cH-]2)cc1. The molecule has 0 nitrogen and oxygen atoms in total. The fourth-order valence-corrected chi connectivity index (χ4v) is 1.95. The van der Waals surface area contributed by atoms with Gasteiger partial charge in [-0.1, -0.05) is 67.2 Å². The van der Waals surface area contributed by atoms with Crippen LogP contribution in [0.2, 0.25) is 13.1 Å². The van der Waals surface area contributed by atoms with Crippen molar-refractivity contribution >= 4 is 20.3 Å². The zero-order chi connectivity index (χ0) is 12.8. The average molecular weight is 594 g/mol. The molecule has 0 spiro atoms. The maximum absolute atomic E-state index is 2.24. The minimum absolute atomic E-state index is 0. The van der Waals surface area contributed by atoms with Gasteiger partial charge in [0.25, 0.3) is 0 Å². The van der Waals surface area contributed by atoms with Gasteiger partial charge in [0.05, 0.1) is 0 Å². The van der Waals surface area contributed by atoms with Crippen LogP contribution in [0.25, 0.3) is 21.9 Å². The average Bonchev–Trinajstić information content (AvgIpc) is 2.84. The number of benzene rings is 2. The molecule has 107 valence electrons. The first kappa shape index (κ1) is 23.9. The van der Waals surface area contributed by atoms with Gasteiger partial charge in [-0.2, -0.15) is 0 Å². The van der Waals surface area contributed by atoms with Crippen LogP contribution in [-0.2, 0) is 26.2 Å². The van der Waals surface area contributed by atoms with Gasteiger partial charge in [0.2, 0.25) is 0 Å². The van der Waals surface area contributed by atoms with Crippen LogP contribution in [-0.4, -0.2) is 9.52 Å².